The van der Waals surface area contributed by atoms with Gasteiger partial charge < -0.3 is 14.6 Å². The largest absolute Gasteiger partial charge is 0.496 e. The number of hydrogen-bond acceptors (Lipinski definition) is 3. The molecule has 0 amide bonds. The summed E-state index contributed by atoms with van der Waals surface area (Å²) < 4.78 is 11.0. The maximum absolute atomic E-state index is 9.75. The van der Waals surface area contributed by atoms with Gasteiger partial charge in [0.2, 0.25) is 0 Å². The summed E-state index contributed by atoms with van der Waals surface area (Å²) in [4.78, 5) is 0. The van der Waals surface area contributed by atoms with Crippen LogP contribution in [0, 0.1) is 0 Å². The Bertz CT molecular complexity index is 581. The van der Waals surface area contributed by atoms with Gasteiger partial charge in [0.05, 0.1) is 13.2 Å². The Kier molecular flexibility index (Phi) is 5.48. The Morgan fingerprint density at radius 1 is 1.14 bits per heavy atom. The topological polar surface area (TPSA) is 38.7 Å². The van der Waals surface area contributed by atoms with Crippen molar-refractivity contribution in [1.29, 1.82) is 0 Å². The lowest BCUT2D eigenvalue weighted by Crippen LogP contribution is -1.99. The van der Waals surface area contributed by atoms with E-state index >= 15 is 0 Å². The second-order valence-electron chi connectivity index (χ2n) is 4.74. The van der Waals surface area contributed by atoms with Gasteiger partial charge >= 0.3 is 0 Å². The van der Waals surface area contributed by atoms with Gasteiger partial charge in [0.25, 0.3) is 0 Å². The summed E-state index contributed by atoms with van der Waals surface area (Å²) in [6.45, 7) is 2.32. The predicted octanol–water partition coefficient (Wildman–Crippen LogP) is 4.37. The molecule has 4 heteroatoms. The van der Waals surface area contributed by atoms with E-state index < -0.39 is 6.10 Å². The van der Waals surface area contributed by atoms with Gasteiger partial charge in [0.1, 0.15) is 18.1 Å². The van der Waals surface area contributed by atoms with Crippen molar-refractivity contribution in [1.82, 2.24) is 0 Å². The number of benzene rings is 2. The number of rotatable bonds is 6. The van der Waals surface area contributed by atoms with Crippen molar-refractivity contribution in [2.45, 2.75) is 26.1 Å². The maximum Gasteiger partial charge on any atom is 0.125 e. The fraction of sp³-hybridized carbons (Fsp3) is 0.294. The van der Waals surface area contributed by atoms with Crippen LogP contribution in [0.3, 0.4) is 0 Å². The Balaban J connectivity index is 2.04. The Morgan fingerprint density at radius 3 is 2.48 bits per heavy atom. The first-order valence-electron chi connectivity index (χ1n) is 6.87. The number of hydrogen-bond donors (Lipinski definition) is 1. The number of methoxy groups -OCH3 is 1. The molecule has 2 aromatic rings. The highest BCUT2D eigenvalue weighted by Crippen LogP contribution is 2.25. The summed E-state index contributed by atoms with van der Waals surface area (Å²) >= 11 is 5.99. The molecule has 3 nitrogen and oxygen atoms in total. The lowest BCUT2D eigenvalue weighted by molar-refractivity contribution is 0.173. The van der Waals surface area contributed by atoms with Gasteiger partial charge in [-0.1, -0.05) is 30.7 Å². The van der Waals surface area contributed by atoms with Crippen molar-refractivity contribution < 1.29 is 14.6 Å². The van der Waals surface area contributed by atoms with Gasteiger partial charge in [-0.25, -0.2) is 0 Å². The number of halogens is 1. The minimum absolute atomic E-state index is 0.374. The minimum Gasteiger partial charge on any atom is -0.496 e. The fourth-order valence-electron chi connectivity index (χ4n) is 2.04. The van der Waals surface area contributed by atoms with E-state index in [2.05, 4.69) is 0 Å². The predicted molar refractivity (Wildman–Crippen MR) is 84.0 cm³/mol. The van der Waals surface area contributed by atoms with Crippen molar-refractivity contribution in [2.75, 3.05) is 7.11 Å². The van der Waals surface area contributed by atoms with Gasteiger partial charge in [-0.2, -0.15) is 0 Å². The van der Waals surface area contributed by atoms with Crippen LogP contribution in [0.2, 0.25) is 5.02 Å². The first-order valence-corrected chi connectivity index (χ1v) is 7.25. The molecule has 0 spiro atoms. The lowest BCUT2D eigenvalue weighted by Gasteiger charge is -2.12. The number of ether oxygens (including phenoxy) is 2. The molecule has 0 unspecified atom stereocenters. The molecule has 0 aliphatic carbocycles. The van der Waals surface area contributed by atoms with Crippen LogP contribution in [0.4, 0.5) is 0 Å². The Hall–Kier alpha value is -1.71. The molecule has 0 bridgehead atoms. The SMILES string of the molecule is CC[C@H](O)c1ccc(OCc2cc(Cl)ccc2OC)cc1. The van der Waals surface area contributed by atoms with Gasteiger partial charge in [0.15, 0.2) is 0 Å². The van der Waals surface area contributed by atoms with Gasteiger partial charge in [-0.15, -0.1) is 0 Å². The quantitative estimate of drug-likeness (QED) is 0.861. The molecule has 0 aromatic heterocycles. The fourth-order valence-corrected chi connectivity index (χ4v) is 2.24. The molecule has 0 heterocycles. The molecular weight excluding hydrogens is 288 g/mol. The Labute approximate surface area is 130 Å². The van der Waals surface area contributed by atoms with Crippen LogP contribution in [-0.2, 0) is 6.61 Å². The van der Waals surface area contributed by atoms with Crippen LogP contribution in [0.25, 0.3) is 0 Å². The summed E-state index contributed by atoms with van der Waals surface area (Å²) in [7, 11) is 1.62. The lowest BCUT2D eigenvalue weighted by atomic mass is 10.1. The molecule has 2 aromatic carbocycles. The number of aliphatic hydroxyl groups is 1. The van der Waals surface area contributed by atoms with Crippen LogP contribution < -0.4 is 9.47 Å². The highest BCUT2D eigenvalue weighted by Gasteiger charge is 2.07. The standard InChI is InChI=1S/C17H19ClO3/c1-3-16(19)12-4-7-15(8-5-12)21-11-13-10-14(18)6-9-17(13)20-2/h4-10,16,19H,3,11H2,1-2H3/t16-/m0/s1. The molecule has 1 atom stereocenters. The summed E-state index contributed by atoms with van der Waals surface area (Å²) in [5, 5.41) is 10.4. The van der Waals surface area contributed by atoms with Crippen LogP contribution in [0.1, 0.15) is 30.6 Å². The van der Waals surface area contributed by atoms with E-state index in [1.807, 2.05) is 43.3 Å². The maximum atomic E-state index is 9.75. The summed E-state index contributed by atoms with van der Waals surface area (Å²) in [5.41, 5.74) is 1.79. The van der Waals surface area contributed by atoms with Crippen molar-refractivity contribution >= 4 is 11.6 Å². The molecule has 0 saturated carbocycles. The minimum atomic E-state index is -0.424. The van der Waals surface area contributed by atoms with E-state index in [-0.39, 0.29) is 0 Å². The highest BCUT2D eigenvalue weighted by molar-refractivity contribution is 6.30. The van der Waals surface area contributed by atoms with E-state index in [1.54, 1.807) is 13.2 Å². The van der Waals surface area contributed by atoms with E-state index in [0.29, 0.717) is 18.1 Å². The third-order valence-corrected chi connectivity index (χ3v) is 3.52. The highest BCUT2D eigenvalue weighted by atomic mass is 35.5. The molecular formula is C17H19ClO3. The zero-order valence-electron chi connectivity index (χ0n) is 12.2. The normalized spacial score (nSPS) is 12.0. The molecule has 2 rings (SSSR count). The molecule has 0 saturated heterocycles. The van der Waals surface area contributed by atoms with Gasteiger partial charge in [0, 0.05) is 10.6 Å². The first kappa shape index (κ1) is 15.7. The summed E-state index contributed by atoms with van der Waals surface area (Å²) in [6, 6.07) is 12.9. The van der Waals surface area contributed by atoms with Crippen LogP contribution in [0.15, 0.2) is 42.5 Å². The van der Waals surface area contributed by atoms with E-state index in [1.165, 1.54) is 0 Å². The monoisotopic (exact) mass is 306 g/mol. The first-order chi connectivity index (χ1) is 10.1. The molecule has 0 radical (unpaired) electrons. The summed E-state index contributed by atoms with van der Waals surface area (Å²) in [5.74, 6) is 1.49. The zero-order chi connectivity index (χ0) is 15.2. The molecule has 1 N–H and O–H groups in total. The van der Waals surface area contributed by atoms with Crippen molar-refractivity contribution in [3.05, 3.63) is 58.6 Å². The average Bonchev–Trinajstić information content (AvgIpc) is 2.52. The second-order valence-corrected chi connectivity index (χ2v) is 5.17. The molecule has 0 aliphatic rings. The smallest absolute Gasteiger partial charge is 0.125 e. The average molecular weight is 307 g/mol. The van der Waals surface area contributed by atoms with E-state index in [0.717, 1.165) is 22.6 Å². The van der Waals surface area contributed by atoms with Crippen molar-refractivity contribution in [3.8, 4) is 11.5 Å². The molecule has 112 valence electrons. The van der Waals surface area contributed by atoms with Crippen molar-refractivity contribution in [2.24, 2.45) is 0 Å². The van der Waals surface area contributed by atoms with Crippen molar-refractivity contribution in [3.63, 3.8) is 0 Å². The van der Waals surface area contributed by atoms with E-state index in [9.17, 15) is 5.11 Å². The third kappa shape index (κ3) is 4.13. The van der Waals surface area contributed by atoms with Crippen LogP contribution in [0.5, 0.6) is 11.5 Å². The molecule has 0 aliphatic heterocycles. The van der Waals surface area contributed by atoms with Crippen LogP contribution >= 0.6 is 11.6 Å². The van der Waals surface area contributed by atoms with Gasteiger partial charge in [-0.3, -0.25) is 0 Å². The van der Waals surface area contributed by atoms with E-state index in [4.69, 9.17) is 21.1 Å². The van der Waals surface area contributed by atoms with Crippen LogP contribution in [-0.4, -0.2) is 12.2 Å². The molecule has 21 heavy (non-hydrogen) atoms. The summed E-state index contributed by atoms with van der Waals surface area (Å²) in [6.07, 6.45) is 0.270. The van der Waals surface area contributed by atoms with Gasteiger partial charge in [-0.05, 0) is 42.3 Å². The number of aliphatic hydroxyl groups excluding tert-OH is 1. The molecule has 0 fully saturated rings. The second kappa shape index (κ2) is 7.34. The third-order valence-electron chi connectivity index (χ3n) is 3.29. The Morgan fingerprint density at radius 2 is 1.86 bits per heavy atom. The zero-order valence-corrected chi connectivity index (χ0v) is 12.9.